The average Bonchev–Trinajstić information content (AvgIpc) is 2.24. The molecule has 0 unspecified atom stereocenters. The molecule has 0 N–H and O–H groups in total. The van der Waals surface area contributed by atoms with Gasteiger partial charge in [0.05, 0.1) is 11.6 Å². The molecule has 86 valence electrons. The van der Waals surface area contributed by atoms with Crippen molar-refractivity contribution in [3.8, 4) is 6.07 Å². The molecule has 0 radical (unpaired) electrons. The molecule has 0 saturated carbocycles. The maximum absolute atomic E-state index is 8.82. The molecule has 0 aromatic carbocycles. The highest BCUT2D eigenvalue weighted by molar-refractivity contribution is 6.29. The van der Waals surface area contributed by atoms with Gasteiger partial charge in [-0.25, -0.2) is 4.98 Å². The first-order valence-electron chi connectivity index (χ1n) is 4.96. The standard InChI is InChI=1S/C11H15ClN4/c1-15(2)4-5-16(3)11-7-9(8-13)6-10(12)14-11/h6-7H,4-5H2,1-3H3. The zero-order valence-electron chi connectivity index (χ0n) is 9.74. The number of pyridine rings is 1. The van der Waals surface area contributed by atoms with Crippen LogP contribution in [0.15, 0.2) is 12.1 Å². The minimum atomic E-state index is 0.353. The summed E-state index contributed by atoms with van der Waals surface area (Å²) in [6, 6.07) is 5.36. The van der Waals surface area contributed by atoms with Crippen LogP contribution in [0.4, 0.5) is 5.82 Å². The molecule has 1 aromatic rings. The number of nitriles is 1. The lowest BCUT2D eigenvalue weighted by atomic mass is 10.3. The van der Waals surface area contributed by atoms with Gasteiger partial charge in [0, 0.05) is 20.1 Å². The number of anilines is 1. The summed E-state index contributed by atoms with van der Waals surface area (Å²) in [5, 5.41) is 9.18. The van der Waals surface area contributed by atoms with Crippen molar-refractivity contribution in [2.45, 2.75) is 0 Å². The Morgan fingerprint density at radius 2 is 2.00 bits per heavy atom. The van der Waals surface area contributed by atoms with E-state index in [1.165, 1.54) is 0 Å². The summed E-state index contributed by atoms with van der Waals surface area (Å²) in [7, 11) is 5.96. The lowest BCUT2D eigenvalue weighted by molar-refractivity contribution is 0.416. The number of halogens is 1. The number of nitrogens with zero attached hydrogens (tertiary/aromatic N) is 4. The molecule has 0 atom stereocenters. The van der Waals surface area contributed by atoms with Crippen molar-refractivity contribution < 1.29 is 0 Å². The van der Waals surface area contributed by atoms with Gasteiger partial charge in [-0.05, 0) is 26.2 Å². The first-order chi connectivity index (χ1) is 7.52. The number of rotatable bonds is 4. The summed E-state index contributed by atoms with van der Waals surface area (Å²) < 4.78 is 0. The van der Waals surface area contributed by atoms with Crippen LogP contribution in [0.3, 0.4) is 0 Å². The first-order valence-corrected chi connectivity index (χ1v) is 5.34. The quantitative estimate of drug-likeness (QED) is 0.748. The number of hydrogen-bond donors (Lipinski definition) is 0. The molecule has 1 rings (SSSR count). The molecule has 0 fully saturated rings. The van der Waals surface area contributed by atoms with Crippen LogP contribution in [-0.2, 0) is 0 Å². The highest BCUT2D eigenvalue weighted by atomic mass is 35.5. The molecule has 0 aliphatic heterocycles. The van der Waals surface area contributed by atoms with Crippen LogP contribution in [0.5, 0.6) is 0 Å². The average molecular weight is 239 g/mol. The van der Waals surface area contributed by atoms with Crippen molar-refractivity contribution in [3.63, 3.8) is 0 Å². The summed E-state index contributed by atoms with van der Waals surface area (Å²) >= 11 is 5.84. The predicted molar refractivity (Wildman–Crippen MR) is 65.8 cm³/mol. The largest absolute Gasteiger partial charge is 0.358 e. The van der Waals surface area contributed by atoms with E-state index in [1.807, 2.05) is 26.0 Å². The third-order valence-corrected chi connectivity index (χ3v) is 2.38. The minimum absolute atomic E-state index is 0.353. The fraction of sp³-hybridized carbons (Fsp3) is 0.455. The van der Waals surface area contributed by atoms with Gasteiger partial charge in [0.15, 0.2) is 0 Å². The van der Waals surface area contributed by atoms with Crippen LogP contribution >= 0.6 is 11.6 Å². The van der Waals surface area contributed by atoms with Crippen LogP contribution in [0.2, 0.25) is 5.15 Å². The molecular weight excluding hydrogens is 224 g/mol. The summed E-state index contributed by atoms with van der Waals surface area (Å²) in [6.45, 7) is 1.76. The van der Waals surface area contributed by atoms with Crippen LogP contribution in [0, 0.1) is 11.3 Å². The second-order valence-corrected chi connectivity index (χ2v) is 4.26. The molecule has 5 heteroatoms. The van der Waals surface area contributed by atoms with Gasteiger partial charge in [0.2, 0.25) is 0 Å². The van der Waals surface area contributed by atoms with E-state index in [9.17, 15) is 0 Å². The van der Waals surface area contributed by atoms with Gasteiger partial charge in [0.1, 0.15) is 11.0 Å². The Morgan fingerprint density at radius 3 is 2.56 bits per heavy atom. The van der Waals surface area contributed by atoms with E-state index in [1.54, 1.807) is 12.1 Å². The molecular formula is C11H15ClN4. The van der Waals surface area contributed by atoms with Crippen LogP contribution in [-0.4, -0.2) is 44.1 Å². The Labute approximate surface area is 101 Å². The molecule has 0 aliphatic rings. The fourth-order valence-electron chi connectivity index (χ4n) is 1.21. The summed E-state index contributed by atoms with van der Waals surface area (Å²) in [5.41, 5.74) is 0.534. The smallest absolute Gasteiger partial charge is 0.132 e. The Kier molecular flexibility index (Phi) is 4.53. The second-order valence-electron chi connectivity index (χ2n) is 3.87. The first kappa shape index (κ1) is 12.8. The normalized spacial score (nSPS) is 10.2. The molecule has 1 heterocycles. The van der Waals surface area contributed by atoms with Gasteiger partial charge in [0.25, 0.3) is 0 Å². The van der Waals surface area contributed by atoms with E-state index in [-0.39, 0.29) is 0 Å². The number of aromatic nitrogens is 1. The molecule has 0 bridgehead atoms. The molecule has 0 saturated heterocycles. The van der Waals surface area contributed by atoms with E-state index < -0.39 is 0 Å². The molecule has 0 aliphatic carbocycles. The van der Waals surface area contributed by atoms with E-state index in [0.717, 1.165) is 18.9 Å². The van der Waals surface area contributed by atoms with Crippen LogP contribution in [0.25, 0.3) is 0 Å². The predicted octanol–water partition coefficient (Wildman–Crippen LogP) is 1.60. The maximum Gasteiger partial charge on any atom is 0.132 e. The lowest BCUT2D eigenvalue weighted by Gasteiger charge is -2.20. The van der Waals surface area contributed by atoms with Gasteiger partial charge in [-0.15, -0.1) is 0 Å². The zero-order chi connectivity index (χ0) is 12.1. The monoisotopic (exact) mass is 238 g/mol. The molecule has 0 amide bonds. The molecule has 4 nitrogen and oxygen atoms in total. The van der Waals surface area contributed by atoms with Gasteiger partial charge < -0.3 is 9.80 Å². The topological polar surface area (TPSA) is 43.2 Å². The third kappa shape index (κ3) is 3.69. The number of hydrogen-bond acceptors (Lipinski definition) is 4. The van der Waals surface area contributed by atoms with E-state index >= 15 is 0 Å². The van der Waals surface area contributed by atoms with Gasteiger partial charge in [-0.2, -0.15) is 5.26 Å². The lowest BCUT2D eigenvalue weighted by Crippen LogP contribution is -2.29. The Bertz CT molecular complexity index is 397. The van der Waals surface area contributed by atoms with E-state index in [0.29, 0.717) is 10.7 Å². The highest BCUT2D eigenvalue weighted by Crippen LogP contribution is 2.16. The summed E-state index contributed by atoms with van der Waals surface area (Å²) in [5.74, 6) is 0.728. The van der Waals surface area contributed by atoms with Gasteiger partial charge in [-0.1, -0.05) is 11.6 Å². The summed E-state index contributed by atoms with van der Waals surface area (Å²) in [6.07, 6.45) is 0. The Balaban J connectivity index is 2.79. The summed E-state index contributed by atoms with van der Waals surface area (Å²) in [4.78, 5) is 8.25. The molecule has 1 aromatic heterocycles. The van der Waals surface area contributed by atoms with Gasteiger partial charge >= 0.3 is 0 Å². The highest BCUT2D eigenvalue weighted by Gasteiger charge is 2.06. The van der Waals surface area contributed by atoms with E-state index in [2.05, 4.69) is 16.0 Å². The SMILES string of the molecule is CN(C)CCN(C)c1cc(C#N)cc(Cl)n1. The van der Waals surface area contributed by atoms with Crippen molar-refractivity contribution in [2.24, 2.45) is 0 Å². The van der Waals surface area contributed by atoms with E-state index in [4.69, 9.17) is 16.9 Å². The fourth-order valence-corrected chi connectivity index (χ4v) is 1.41. The van der Waals surface area contributed by atoms with Crippen LogP contribution in [0.1, 0.15) is 5.56 Å². The maximum atomic E-state index is 8.82. The van der Waals surface area contributed by atoms with Crippen molar-refractivity contribution in [1.82, 2.24) is 9.88 Å². The number of likely N-dealkylation sites (N-methyl/N-ethyl adjacent to an activating group) is 2. The second kappa shape index (κ2) is 5.69. The third-order valence-electron chi connectivity index (χ3n) is 2.18. The minimum Gasteiger partial charge on any atom is -0.358 e. The van der Waals surface area contributed by atoms with Crippen molar-refractivity contribution in [2.75, 3.05) is 39.1 Å². The zero-order valence-corrected chi connectivity index (χ0v) is 10.5. The van der Waals surface area contributed by atoms with Crippen molar-refractivity contribution in [1.29, 1.82) is 5.26 Å². The van der Waals surface area contributed by atoms with Gasteiger partial charge in [-0.3, -0.25) is 0 Å². The van der Waals surface area contributed by atoms with Crippen LogP contribution < -0.4 is 4.90 Å². The molecule has 0 spiro atoms. The van der Waals surface area contributed by atoms with Crippen molar-refractivity contribution in [3.05, 3.63) is 22.8 Å². The van der Waals surface area contributed by atoms with Crippen molar-refractivity contribution >= 4 is 17.4 Å². The Hall–Kier alpha value is -1.31. The Morgan fingerprint density at radius 1 is 1.31 bits per heavy atom. The molecule has 16 heavy (non-hydrogen) atoms.